The Morgan fingerprint density at radius 2 is 1.05 bits per heavy atom. The molecule has 412 valence electrons. The standard InChI is InChI=1S/C77H80BN3S/c1-47-40-60-62(77(14,15)39-38-75(60,10)11)46-65(47)80-66-45-53(79(51-25-20-23-49(42-51)72(2,3)4)52-26-21-24-50(43-52)73(5,6)7)31-34-63(66)78-69-58(41-48-22-16-17-27-55(48)70(69)80)68-64(35-32-57-56-28-18-19-29-67(56)82-71(57)68)81(78)54-30-33-59-61(44-54)76(12,13)37-36-74(59,8)9/h16-35,40-46H,36-39H2,1-15H3. The molecular weight excluding hydrogens is 1010 g/mol. The lowest BCUT2D eigenvalue weighted by Gasteiger charge is -2.48. The van der Waals surface area contributed by atoms with Crippen LogP contribution in [0.25, 0.3) is 42.1 Å². The molecule has 4 aliphatic rings. The van der Waals surface area contributed by atoms with Crippen LogP contribution in [0.5, 0.6) is 0 Å². The maximum atomic E-state index is 2.79. The van der Waals surface area contributed by atoms with Crippen molar-refractivity contribution in [1.82, 2.24) is 0 Å². The molecule has 0 bridgehead atoms. The van der Waals surface area contributed by atoms with Gasteiger partial charge in [-0.25, -0.2) is 0 Å². The van der Waals surface area contributed by atoms with Crippen molar-refractivity contribution >= 4 is 106 Å². The number of aryl methyl sites for hydroxylation is 1. The number of rotatable bonds is 5. The van der Waals surface area contributed by atoms with Crippen molar-refractivity contribution in [2.45, 2.75) is 162 Å². The van der Waals surface area contributed by atoms with E-state index in [0.29, 0.717) is 0 Å². The summed E-state index contributed by atoms with van der Waals surface area (Å²) in [5.74, 6) is 0. The summed E-state index contributed by atoms with van der Waals surface area (Å²) in [6, 6.07) is 64.8. The van der Waals surface area contributed by atoms with Gasteiger partial charge in [0, 0.05) is 70.9 Å². The number of benzene rings is 9. The fraction of sp³-hybridized carbons (Fsp3) is 0.325. The highest BCUT2D eigenvalue weighted by Gasteiger charge is 2.49. The fourth-order valence-electron chi connectivity index (χ4n) is 15.0. The van der Waals surface area contributed by atoms with Gasteiger partial charge in [0.1, 0.15) is 0 Å². The lowest BCUT2D eigenvalue weighted by molar-refractivity contribution is 0.332. The molecule has 2 aliphatic heterocycles. The van der Waals surface area contributed by atoms with Crippen LogP contribution < -0.4 is 25.5 Å². The fourth-order valence-corrected chi connectivity index (χ4v) is 16.2. The van der Waals surface area contributed by atoms with E-state index >= 15 is 0 Å². The van der Waals surface area contributed by atoms with E-state index < -0.39 is 0 Å². The molecule has 0 amide bonds. The van der Waals surface area contributed by atoms with Crippen molar-refractivity contribution in [1.29, 1.82) is 0 Å². The number of anilines is 8. The molecule has 5 heteroatoms. The number of thiophene rings is 1. The molecule has 1 aromatic heterocycles. The van der Waals surface area contributed by atoms with Gasteiger partial charge >= 0.3 is 6.85 Å². The average Bonchev–Trinajstić information content (AvgIpc) is 3.50. The average molecular weight is 1090 g/mol. The monoisotopic (exact) mass is 1090 g/mol. The minimum absolute atomic E-state index is 0.00125. The van der Waals surface area contributed by atoms with Gasteiger partial charge in [-0.15, -0.1) is 11.3 Å². The van der Waals surface area contributed by atoms with Crippen LogP contribution >= 0.6 is 11.3 Å². The first-order valence-electron chi connectivity index (χ1n) is 30.4. The van der Waals surface area contributed by atoms with E-state index in [9.17, 15) is 0 Å². The predicted molar refractivity (Wildman–Crippen MR) is 358 cm³/mol. The Morgan fingerprint density at radius 1 is 0.476 bits per heavy atom. The predicted octanol–water partition coefficient (Wildman–Crippen LogP) is 21.0. The summed E-state index contributed by atoms with van der Waals surface area (Å²) >= 11 is 1.96. The van der Waals surface area contributed by atoms with E-state index in [1.807, 2.05) is 11.3 Å². The Labute approximate surface area is 493 Å². The third kappa shape index (κ3) is 8.09. The van der Waals surface area contributed by atoms with E-state index in [4.69, 9.17) is 0 Å². The molecule has 0 fully saturated rings. The zero-order valence-electron chi connectivity index (χ0n) is 51.2. The van der Waals surface area contributed by atoms with Crippen LogP contribution in [0.1, 0.15) is 162 Å². The number of fused-ring (bicyclic) bond motifs is 12. The summed E-state index contributed by atoms with van der Waals surface area (Å²) in [6.45, 7) is 36.0. The second kappa shape index (κ2) is 18.0. The Balaban J connectivity index is 1.14. The molecule has 3 nitrogen and oxygen atoms in total. The van der Waals surface area contributed by atoms with Crippen molar-refractivity contribution < 1.29 is 0 Å². The third-order valence-corrected chi connectivity index (χ3v) is 21.3. The summed E-state index contributed by atoms with van der Waals surface area (Å²) in [4.78, 5) is 8.08. The van der Waals surface area contributed by atoms with Crippen LogP contribution in [0.15, 0.2) is 164 Å². The second-order valence-electron chi connectivity index (χ2n) is 29.6. The summed E-state index contributed by atoms with van der Waals surface area (Å²) in [5.41, 5.74) is 25.0. The highest BCUT2D eigenvalue weighted by Crippen LogP contribution is 2.57. The molecule has 14 rings (SSSR count). The molecule has 0 radical (unpaired) electrons. The number of hydrogen-bond acceptors (Lipinski definition) is 4. The maximum absolute atomic E-state index is 2.79. The Bertz CT molecular complexity index is 4250. The van der Waals surface area contributed by atoms with E-state index in [1.54, 1.807) is 0 Å². The molecule has 3 heterocycles. The first-order chi connectivity index (χ1) is 38.8. The van der Waals surface area contributed by atoms with Crippen LogP contribution in [0.2, 0.25) is 0 Å². The first-order valence-corrected chi connectivity index (χ1v) is 31.2. The number of nitrogens with zero attached hydrogens (tertiary/aromatic N) is 3. The van der Waals surface area contributed by atoms with Gasteiger partial charge in [-0.3, -0.25) is 0 Å². The second-order valence-corrected chi connectivity index (χ2v) is 30.6. The molecule has 0 spiro atoms. The molecule has 0 saturated heterocycles. The molecule has 2 aliphatic carbocycles. The lowest BCUT2D eigenvalue weighted by atomic mass is 9.43. The van der Waals surface area contributed by atoms with Gasteiger partial charge in [-0.1, -0.05) is 188 Å². The molecule has 0 atom stereocenters. The van der Waals surface area contributed by atoms with Crippen molar-refractivity contribution in [2.75, 3.05) is 14.6 Å². The first kappa shape index (κ1) is 53.0. The van der Waals surface area contributed by atoms with Crippen LogP contribution in [0, 0.1) is 6.92 Å². The highest BCUT2D eigenvalue weighted by atomic mass is 32.1. The van der Waals surface area contributed by atoms with Crippen LogP contribution in [-0.4, -0.2) is 6.85 Å². The topological polar surface area (TPSA) is 9.72 Å². The zero-order chi connectivity index (χ0) is 57.4. The van der Waals surface area contributed by atoms with Crippen molar-refractivity contribution in [3.63, 3.8) is 0 Å². The SMILES string of the molecule is Cc1cc2c(cc1N1c3cc(N(c4cccc(C(C)(C)C)c4)c4cccc(C(C)(C)C)c4)ccc3B3c4c(cc5ccccc5c41)-c1c(ccc4c1sc1ccccc14)N3c1ccc3c(c1)C(C)(C)CCC3(C)C)C(C)(C)CCC2(C)C. The van der Waals surface area contributed by atoms with Gasteiger partial charge in [-0.05, 0) is 199 Å². The summed E-state index contributed by atoms with van der Waals surface area (Å²) < 4.78 is 2.68. The van der Waals surface area contributed by atoms with Gasteiger partial charge in [0.05, 0.1) is 5.69 Å². The molecule has 10 aromatic rings. The lowest BCUT2D eigenvalue weighted by Crippen LogP contribution is -2.61. The van der Waals surface area contributed by atoms with E-state index in [1.165, 1.54) is 133 Å². The largest absolute Gasteiger partial charge is 0.376 e. The molecule has 9 aromatic carbocycles. The van der Waals surface area contributed by atoms with Crippen LogP contribution in [0.3, 0.4) is 0 Å². The summed E-state index contributed by atoms with van der Waals surface area (Å²) in [5, 5.41) is 5.18. The Hall–Kier alpha value is -7.08. The zero-order valence-corrected chi connectivity index (χ0v) is 52.1. The van der Waals surface area contributed by atoms with Crippen molar-refractivity contribution in [3.05, 3.63) is 203 Å². The van der Waals surface area contributed by atoms with E-state index in [0.717, 1.165) is 29.9 Å². The highest BCUT2D eigenvalue weighted by molar-refractivity contribution is 7.26. The minimum atomic E-state index is -0.165. The van der Waals surface area contributed by atoms with Crippen molar-refractivity contribution in [3.8, 4) is 11.1 Å². The van der Waals surface area contributed by atoms with Crippen LogP contribution in [0.4, 0.5) is 45.5 Å². The molecule has 0 N–H and O–H groups in total. The van der Waals surface area contributed by atoms with Gasteiger partial charge in [0.15, 0.2) is 0 Å². The molecule has 82 heavy (non-hydrogen) atoms. The quantitative estimate of drug-likeness (QED) is 0.159. The molecular formula is C77H80BN3S. The summed E-state index contributed by atoms with van der Waals surface area (Å²) in [7, 11) is 0. The molecule has 0 saturated carbocycles. The van der Waals surface area contributed by atoms with Crippen LogP contribution in [-0.2, 0) is 32.5 Å². The Morgan fingerprint density at radius 3 is 1.70 bits per heavy atom. The normalized spacial score (nSPS) is 17.3. The van der Waals surface area contributed by atoms with Gasteiger partial charge in [0.2, 0.25) is 0 Å². The summed E-state index contributed by atoms with van der Waals surface area (Å²) in [6.07, 6.45) is 4.64. The maximum Gasteiger partial charge on any atom is 0.333 e. The minimum Gasteiger partial charge on any atom is -0.376 e. The van der Waals surface area contributed by atoms with Gasteiger partial charge in [-0.2, -0.15) is 0 Å². The third-order valence-electron chi connectivity index (χ3n) is 20.1. The molecule has 0 unspecified atom stereocenters. The van der Waals surface area contributed by atoms with Gasteiger partial charge < -0.3 is 14.6 Å². The number of hydrogen-bond donors (Lipinski definition) is 0. The Kier molecular flexibility index (Phi) is 11.6. The van der Waals surface area contributed by atoms with E-state index in [-0.39, 0.29) is 39.3 Å². The van der Waals surface area contributed by atoms with E-state index in [2.05, 4.69) is 282 Å². The van der Waals surface area contributed by atoms with Gasteiger partial charge in [0.25, 0.3) is 0 Å². The van der Waals surface area contributed by atoms with Crippen molar-refractivity contribution in [2.24, 2.45) is 0 Å². The smallest absolute Gasteiger partial charge is 0.333 e.